The third-order valence-electron chi connectivity index (χ3n) is 2.86. The highest BCUT2D eigenvalue weighted by Crippen LogP contribution is 2.14. The molecule has 4 heteroatoms. The van der Waals surface area contributed by atoms with E-state index in [4.69, 9.17) is 0 Å². The van der Waals surface area contributed by atoms with Gasteiger partial charge in [0.1, 0.15) is 0 Å². The van der Waals surface area contributed by atoms with Crippen molar-refractivity contribution in [3.63, 3.8) is 0 Å². The molecule has 0 aliphatic heterocycles. The van der Waals surface area contributed by atoms with Crippen molar-refractivity contribution in [2.45, 2.75) is 19.6 Å². The highest BCUT2D eigenvalue weighted by Gasteiger charge is 2.05. The first-order chi connectivity index (χ1) is 9.65. The Morgan fingerprint density at radius 2 is 2.00 bits per heavy atom. The third-order valence-corrected chi connectivity index (χ3v) is 4.63. The van der Waals surface area contributed by atoms with Crippen LogP contribution in [0.4, 0.5) is 0 Å². The van der Waals surface area contributed by atoms with Crippen molar-refractivity contribution in [2.24, 2.45) is 0 Å². The van der Waals surface area contributed by atoms with Crippen LogP contribution in [0, 0.1) is 13.8 Å². The maximum Gasteiger partial charge on any atom is 0.251 e. The lowest BCUT2D eigenvalue weighted by atomic mass is 10.1. The number of amides is 1. The zero-order valence-electron chi connectivity index (χ0n) is 11.8. The molecule has 0 unspecified atom stereocenters. The summed E-state index contributed by atoms with van der Waals surface area (Å²) < 4.78 is 0. The summed E-state index contributed by atoms with van der Waals surface area (Å²) in [4.78, 5) is 12.0. The molecule has 1 amide bonds. The van der Waals surface area contributed by atoms with E-state index in [1.54, 1.807) is 11.3 Å². The van der Waals surface area contributed by atoms with Crippen LogP contribution in [0.1, 0.15) is 27.0 Å². The number of carbonyl (C=O) groups excluding carboxylic acids is 1. The second-order valence-electron chi connectivity index (χ2n) is 4.82. The predicted octanol–water partition coefficient (Wildman–Crippen LogP) is 4.03. The molecule has 0 aliphatic carbocycles. The van der Waals surface area contributed by atoms with E-state index in [9.17, 15) is 4.79 Å². The second kappa shape index (κ2) is 7.50. The number of benzene rings is 1. The van der Waals surface area contributed by atoms with Crippen LogP contribution in [-0.2, 0) is 5.75 Å². The normalized spacial score (nSPS) is 10.5. The lowest BCUT2D eigenvalue weighted by Gasteiger charge is -2.07. The maximum atomic E-state index is 12.0. The van der Waals surface area contributed by atoms with Crippen molar-refractivity contribution >= 4 is 29.0 Å². The van der Waals surface area contributed by atoms with Crippen molar-refractivity contribution in [3.05, 3.63) is 57.3 Å². The number of thioether (sulfide) groups is 1. The molecule has 2 rings (SSSR count). The molecule has 2 nitrogen and oxygen atoms in total. The molecule has 2 aromatic rings. The fourth-order valence-electron chi connectivity index (χ4n) is 2.01. The molecule has 0 fully saturated rings. The quantitative estimate of drug-likeness (QED) is 0.816. The van der Waals surface area contributed by atoms with Gasteiger partial charge in [-0.2, -0.15) is 23.1 Å². The Bertz CT molecular complexity index is 544. The first-order valence-corrected chi connectivity index (χ1v) is 8.70. The summed E-state index contributed by atoms with van der Waals surface area (Å²) in [6.45, 7) is 4.74. The molecule has 1 aromatic heterocycles. The van der Waals surface area contributed by atoms with Crippen LogP contribution in [0.3, 0.4) is 0 Å². The minimum atomic E-state index is 0.0212. The Morgan fingerprint density at radius 3 is 2.65 bits per heavy atom. The second-order valence-corrected chi connectivity index (χ2v) is 6.70. The molecule has 0 saturated carbocycles. The molecular weight excluding hydrogens is 286 g/mol. The van der Waals surface area contributed by atoms with Gasteiger partial charge in [-0.3, -0.25) is 4.79 Å². The van der Waals surface area contributed by atoms with E-state index in [2.05, 4.69) is 28.2 Å². The van der Waals surface area contributed by atoms with Gasteiger partial charge in [-0.25, -0.2) is 0 Å². The maximum absolute atomic E-state index is 12.0. The summed E-state index contributed by atoms with van der Waals surface area (Å²) in [6.07, 6.45) is 0. The van der Waals surface area contributed by atoms with Gasteiger partial charge in [-0.1, -0.05) is 17.2 Å². The Labute approximate surface area is 128 Å². The van der Waals surface area contributed by atoms with Crippen LogP contribution in [0.15, 0.2) is 35.0 Å². The van der Waals surface area contributed by atoms with Crippen molar-refractivity contribution in [1.82, 2.24) is 5.32 Å². The molecule has 20 heavy (non-hydrogen) atoms. The molecule has 0 radical (unpaired) electrons. The molecular formula is C16H19NOS2. The van der Waals surface area contributed by atoms with Gasteiger partial charge >= 0.3 is 0 Å². The van der Waals surface area contributed by atoms with Crippen molar-refractivity contribution < 1.29 is 4.79 Å². The molecule has 0 spiro atoms. The summed E-state index contributed by atoms with van der Waals surface area (Å²) in [6, 6.07) is 8.08. The molecule has 0 bridgehead atoms. The van der Waals surface area contributed by atoms with Gasteiger partial charge in [0.2, 0.25) is 0 Å². The van der Waals surface area contributed by atoms with Crippen molar-refractivity contribution in [2.75, 3.05) is 12.3 Å². The molecule has 0 saturated heterocycles. The topological polar surface area (TPSA) is 29.1 Å². The van der Waals surface area contributed by atoms with E-state index >= 15 is 0 Å². The molecule has 0 aliphatic rings. The van der Waals surface area contributed by atoms with E-state index in [1.807, 2.05) is 37.7 Å². The third kappa shape index (κ3) is 4.69. The SMILES string of the molecule is Cc1cc(C)cc(C(=O)NCCSCc2ccsc2)c1. The first kappa shape index (κ1) is 15.1. The Kier molecular flexibility index (Phi) is 5.68. The number of thiophene rings is 1. The lowest BCUT2D eigenvalue weighted by molar-refractivity contribution is 0.0956. The van der Waals surface area contributed by atoms with Crippen LogP contribution in [0.2, 0.25) is 0 Å². The van der Waals surface area contributed by atoms with Gasteiger partial charge in [-0.05, 0) is 48.4 Å². The monoisotopic (exact) mass is 305 g/mol. The van der Waals surface area contributed by atoms with Crippen LogP contribution in [0.5, 0.6) is 0 Å². The molecule has 1 heterocycles. The summed E-state index contributed by atoms with van der Waals surface area (Å²) in [7, 11) is 0. The van der Waals surface area contributed by atoms with Gasteiger partial charge in [0.15, 0.2) is 0 Å². The Balaban J connectivity index is 1.72. The molecule has 106 valence electrons. The predicted molar refractivity (Wildman–Crippen MR) is 88.7 cm³/mol. The van der Waals surface area contributed by atoms with Crippen LogP contribution >= 0.6 is 23.1 Å². The summed E-state index contributed by atoms with van der Waals surface area (Å²) in [5.74, 6) is 1.97. The summed E-state index contributed by atoms with van der Waals surface area (Å²) in [5, 5.41) is 7.24. The number of carbonyl (C=O) groups is 1. The van der Waals surface area contributed by atoms with E-state index in [0.29, 0.717) is 6.54 Å². The molecule has 1 aromatic carbocycles. The number of nitrogens with one attached hydrogen (secondary N) is 1. The number of hydrogen-bond donors (Lipinski definition) is 1. The fourth-order valence-corrected chi connectivity index (χ4v) is 3.59. The minimum Gasteiger partial charge on any atom is -0.351 e. The average molecular weight is 305 g/mol. The Hall–Kier alpha value is -1.26. The van der Waals surface area contributed by atoms with Gasteiger partial charge < -0.3 is 5.32 Å². The van der Waals surface area contributed by atoms with Crippen LogP contribution in [-0.4, -0.2) is 18.2 Å². The van der Waals surface area contributed by atoms with Gasteiger partial charge in [-0.15, -0.1) is 0 Å². The fraction of sp³-hybridized carbons (Fsp3) is 0.312. The van der Waals surface area contributed by atoms with E-state index in [1.165, 1.54) is 5.56 Å². The molecule has 0 atom stereocenters. The van der Waals surface area contributed by atoms with Crippen molar-refractivity contribution in [3.8, 4) is 0 Å². The van der Waals surface area contributed by atoms with Gasteiger partial charge in [0.05, 0.1) is 0 Å². The lowest BCUT2D eigenvalue weighted by Crippen LogP contribution is -2.25. The highest BCUT2D eigenvalue weighted by molar-refractivity contribution is 7.98. The number of rotatable bonds is 6. The highest BCUT2D eigenvalue weighted by atomic mass is 32.2. The van der Waals surface area contributed by atoms with Crippen molar-refractivity contribution in [1.29, 1.82) is 0 Å². The molecule has 1 N–H and O–H groups in total. The summed E-state index contributed by atoms with van der Waals surface area (Å²) in [5.41, 5.74) is 4.37. The number of aryl methyl sites for hydroxylation is 2. The Morgan fingerprint density at radius 1 is 1.25 bits per heavy atom. The standard InChI is InChI=1S/C16H19NOS2/c1-12-7-13(2)9-15(8-12)16(18)17-4-6-20-11-14-3-5-19-10-14/h3,5,7-10H,4,6,11H2,1-2H3,(H,17,18). The summed E-state index contributed by atoms with van der Waals surface area (Å²) >= 11 is 3.57. The number of hydrogen-bond acceptors (Lipinski definition) is 3. The van der Waals surface area contributed by atoms with Crippen LogP contribution < -0.4 is 5.32 Å². The van der Waals surface area contributed by atoms with E-state index in [-0.39, 0.29) is 5.91 Å². The zero-order valence-corrected chi connectivity index (χ0v) is 13.4. The van der Waals surface area contributed by atoms with Gasteiger partial charge in [0, 0.05) is 23.6 Å². The largest absolute Gasteiger partial charge is 0.351 e. The average Bonchev–Trinajstić information content (AvgIpc) is 2.90. The van der Waals surface area contributed by atoms with E-state index in [0.717, 1.165) is 28.2 Å². The minimum absolute atomic E-state index is 0.0212. The zero-order chi connectivity index (χ0) is 14.4. The van der Waals surface area contributed by atoms with E-state index < -0.39 is 0 Å². The smallest absolute Gasteiger partial charge is 0.251 e. The van der Waals surface area contributed by atoms with Gasteiger partial charge in [0.25, 0.3) is 5.91 Å². The first-order valence-electron chi connectivity index (χ1n) is 6.60. The van der Waals surface area contributed by atoms with Crippen LogP contribution in [0.25, 0.3) is 0 Å².